The van der Waals surface area contributed by atoms with Crippen LogP contribution in [0.5, 0.6) is 0 Å². The number of hydrogen-bond donors (Lipinski definition) is 0. The van der Waals surface area contributed by atoms with Crippen LogP contribution in [0.25, 0.3) is 5.73 Å². The van der Waals surface area contributed by atoms with E-state index in [0.29, 0.717) is 5.92 Å². The minimum atomic E-state index is 0. The molecule has 5 aliphatic carbocycles. The number of halogens is 2. The number of allylic oxidation sites excluding steroid dienone is 4. The van der Waals surface area contributed by atoms with Crippen molar-refractivity contribution in [1.82, 2.24) is 0 Å². The van der Waals surface area contributed by atoms with Crippen molar-refractivity contribution in [2.75, 3.05) is 0 Å². The van der Waals surface area contributed by atoms with Crippen LogP contribution in [0.3, 0.4) is 0 Å². The minimum absolute atomic E-state index is 0. The van der Waals surface area contributed by atoms with Crippen molar-refractivity contribution in [1.29, 1.82) is 0 Å². The van der Waals surface area contributed by atoms with Gasteiger partial charge in [0.15, 0.2) is 0 Å². The van der Waals surface area contributed by atoms with E-state index in [1.165, 1.54) is 55.2 Å². The smallest absolute Gasteiger partial charge is 0.672 e. The van der Waals surface area contributed by atoms with Gasteiger partial charge in [0, 0.05) is 9.52 Å². The van der Waals surface area contributed by atoms with Crippen molar-refractivity contribution < 1.29 is 21.7 Å². The number of nitrogens with one attached hydrogen (secondary N) is 1. The van der Waals surface area contributed by atoms with Gasteiger partial charge in [-0.25, -0.2) is 5.57 Å². The average molecular weight is 451 g/mol. The van der Waals surface area contributed by atoms with Gasteiger partial charge < -0.3 is 5.73 Å². The molecule has 4 saturated carbocycles. The largest absolute Gasteiger partial charge is 2.00 e. The summed E-state index contributed by atoms with van der Waals surface area (Å²) in [5, 5.41) is 0. The molecule has 0 spiro atoms. The van der Waals surface area contributed by atoms with E-state index in [0.717, 1.165) is 27.3 Å². The minimum Gasteiger partial charge on any atom is -0.672 e. The molecule has 0 amide bonds. The van der Waals surface area contributed by atoms with Gasteiger partial charge >= 0.3 is 21.7 Å². The molecule has 0 aliphatic heterocycles. The van der Waals surface area contributed by atoms with Crippen molar-refractivity contribution >= 4 is 34.3 Å². The van der Waals surface area contributed by atoms with Crippen LogP contribution in [0.4, 0.5) is 0 Å². The molecule has 1 atom stereocenters. The van der Waals surface area contributed by atoms with Crippen molar-refractivity contribution in [3.05, 3.63) is 28.5 Å². The van der Waals surface area contributed by atoms with Crippen LogP contribution in [0.2, 0.25) is 13.1 Å². The standard InChI is InChI=1S/C10H16N.C9H13.C2H7Si.2ClH.Ti/c11-10-4-7-1-8(5-10)3-9(2-7)6-10;1-6-5-7(2)9(4)8(6)3;1-3-2;;;/h7-9,11H,1-6H2;6H,1-4H3;3H,1-2H3;2*1H;/q2*-1;;;;+2. The molecule has 1 radical (unpaired) electrons. The Morgan fingerprint density at radius 2 is 1.27 bits per heavy atom. The Kier molecular flexibility index (Phi) is 14.0. The van der Waals surface area contributed by atoms with Crippen molar-refractivity contribution in [3.8, 4) is 0 Å². The van der Waals surface area contributed by atoms with E-state index in [-0.39, 0.29) is 52.1 Å². The second-order valence-electron chi connectivity index (χ2n) is 8.57. The fourth-order valence-corrected chi connectivity index (χ4v) is 5.27. The molecule has 4 bridgehead atoms. The van der Waals surface area contributed by atoms with E-state index < -0.39 is 0 Å². The molecular weight excluding hydrogens is 413 g/mol. The summed E-state index contributed by atoms with van der Waals surface area (Å²) in [4.78, 5) is 0. The Morgan fingerprint density at radius 3 is 1.42 bits per heavy atom. The molecule has 0 saturated heterocycles. The van der Waals surface area contributed by atoms with Crippen LogP contribution < -0.4 is 0 Å². The predicted molar refractivity (Wildman–Crippen MR) is 119 cm³/mol. The SMILES string of the molecule is CC1=[C-]C(C)C(C)=C1C.C[SiH]C.Cl.Cl.[NH-]C12CC3CC(CC(C3)C1)C2.[Ti+2]. The molecule has 26 heavy (non-hydrogen) atoms. The maximum Gasteiger partial charge on any atom is 2.00 e. The fourth-order valence-electron chi connectivity index (χ4n) is 5.27. The maximum atomic E-state index is 8.21. The molecule has 1 nitrogen and oxygen atoms in total. The fraction of sp³-hybridized carbons (Fsp3) is 0.810. The quantitative estimate of drug-likeness (QED) is 0.277. The van der Waals surface area contributed by atoms with Gasteiger partial charge in [-0.2, -0.15) is 11.1 Å². The van der Waals surface area contributed by atoms with Crippen LogP contribution in [-0.4, -0.2) is 15.1 Å². The Bertz CT molecular complexity index is 455. The molecule has 1 unspecified atom stereocenters. The van der Waals surface area contributed by atoms with Gasteiger partial charge in [0.05, 0.1) is 0 Å². The van der Waals surface area contributed by atoms with Crippen molar-refractivity contribution in [3.63, 3.8) is 0 Å². The summed E-state index contributed by atoms with van der Waals surface area (Å²) in [5.74, 6) is 3.43. The van der Waals surface area contributed by atoms with E-state index in [4.69, 9.17) is 5.73 Å². The van der Waals surface area contributed by atoms with Crippen molar-refractivity contribution in [2.45, 2.75) is 84.9 Å². The first-order chi connectivity index (χ1) is 10.8. The summed E-state index contributed by atoms with van der Waals surface area (Å²) in [6, 6.07) is 0. The molecule has 0 aromatic heterocycles. The van der Waals surface area contributed by atoms with Gasteiger partial charge in [0.1, 0.15) is 0 Å². The molecule has 5 heteroatoms. The van der Waals surface area contributed by atoms with Crippen LogP contribution in [-0.2, 0) is 21.7 Å². The molecule has 1 N–H and O–H groups in total. The molecule has 4 fully saturated rings. The summed E-state index contributed by atoms with van der Waals surface area (Å²) >= 11 is 0. The van der Waals surface area contributed by atoms with Gasteiger partial charge in [0.2, 0.25) is 0 Å². The zero-order valence-corrected chi connectivity index (χ0v) is 21.8. The first-order valence-electron chi connectivity index (χ1n) is 9.54. The summed E-state index contributed by atoms with van der Waals surface area (Å²) in [6.07, 6.45) is 11.5. The summed E-state index contributed by atoms with van der Waals surface area (Å²) in [7, 11) is 0.750. The Labute approximate surface area is 192 Å². The predicted octanol–water partition coefficient (Wildman–Crippen LogP) is 7.09. The molecule has 0 heterocycles. The molecule has 0 aromatic rings. The molecule has 5 aliphatic rings. The second-order valence-corrected chi connectivity index (χ2v) is 9.73. The molecule has 149 valence electrons. The van der Waals surface area contributed by atoms with E-state index in [1.807, 2.05) is 0 Å². The number of hydrogen-bond acceptors (Lipinski definition) is 0. The third-order valence-electron chi connectivity index (χ3n) is 6.27. The van der Waals surface area contributed by atoms with Crippen LogP contribution in [0.1, 0.15) is 66.2 Å². The van der Waals surface area contributed by atoms with Gasteiger partial charge in [0.25, 0.3) is 0 Å². The maximum absolute atomic E-state index is 8.21. The van der Waals surface area contributed by atoms with Gasteiger partial charge in [-0.1, -0.05) is 59.0 Å². The Morgan fingerprint density at radius 1 is 0.923 bits per heavy atom. The van der Waals surface area contributed by atoms with Gasteiger partial charge in [-0.15, -0.1) is 37.3 Å². The average Bonchev–Trinajstić information content (AvgIpc) is 2.64. The van der Waals surface area contributed by atoms with Gasteiger partial charge in [-0.05, 0) is 37.0 Å². The molecular formula is C21H38Cl2NSiTi. The van der Waals surface area contributed by atoms with Crippen LogP contribution in [0, 0.1) is 29.7 Å². The van der Waals surface area contributed by atoms with Crippen LogP contribution in [0.15, 0.2) is 16.7 Å². The Hall–Kier alpha value is 0.951. The normalized spacial score (nSPS) is 35.6. The third kappa shape index (κ3) is 7.41. The molecule has 0 aromatic carbocycles. The van der Waals surface area contributed by atoms with E-state index in [2.05, 4.69) is 46.9 Å². The Balaban J connectivity index is 0. The van der Waals surface area contributed by atoms with E-state index >= 15 is 0 Å². The van der Waals surface area contributed by atoms with E-state index in [9.17, 15) is 0 Å². The summed E-state index contributed by atoms with van der Waals surface area (Å²) < 4.78 is 0. The molecule has 5 rings (SSSR count). The summed E-state index contributed by atoms with van der Waals surface area (Å²) in [5.41, 5.74) is 12.5. The first-order valence-corrected chi connectivity index (χ1v) is 11.9. The summed E-state index contributed by atoms with van der Waals surface area (Å²) in [6.45, 7) is 13.1. The first kappa shape index (κ1) is 29.2. The zero-order valence-electron chi connectivity index (χ0n) is 17.4. The van der Waals surface area contributed by atoms with Gasteiger partial charge in [-0.3, -0.25) is 6.08 Å². The number of rotatable bonds is 0. The van der Waals surface area contributed by atoms with E-state index in [1.54, 1.807) is 0 Å². The zero-order chi connectivity index (χ0) is 17.2. The topological polar surface area (TPSA) is 23.8 Å². The van der Waals surface area contributed by atoms with Crippen molar-refractivity contribution in [2.24, 2.45) is 23.7 Å². The second kappa shape index (κ2) is 12.5. The third-order valence-corrected chi connectivity index (χ3v) is 6.27. The van der Waals surface area contributed by atoms with Crippen LogP contribution >= 0.6 is 24.8 Å². The monoisotopic (exact) mass is 450 g/mol.